The van der Waals surface area contributed by atoms with Crippen LogP contribution in [0.1, 0.15) is 16.1 Å². The van der Waals surface area contributed by atoms with E-state index in [1.807, 2.05) is 47.9 Å². The van der Waals surface area contributed by atoms with Crippen molar-refractivity contribution in [3.63, 3.8) is 0 Å². The lowest BCUT2D eigenvalue weighted by molar-refractivity contribution is 0.0607. The molecule has 0 saturated heterocycles. The average Bonchev–Trinajstić information content (AvgIpc) is 2.93. The molecule has 0 atom stereocenters. The van der Waals surface area contributed by atoms with E-state index in [1.165, 1.54) is 18.4 Å². The van der Waals surface area contributed by atoms with Crippen LogP contribution in [0.5, 0.6) is 0 Å². The number of hydrogen-bond donors (Lipinski definition) is 1. The molecule has 5 heteroatoms. The molecule has 1 N–H and O–H groups in total. The summed E-state index contributed by atoms with van der Waals surface area (Å²) >= 11 is 1.34. The number of allylic oxidation sites excluding steroid dienone is 5. The number of hydrogen-bond acceptors (Lipinski definition) is 5. The highest BCUT2D eigenvalue weighted by Gasteiger charge is 2.13. The fourth-order valence-corrected chi connectivity index (χ4v) is 2.44. The summed E-state index contributed by atoms with van der Waals surface area (Å²) in [7, 11) is 1.38. The molecule has 0 amide bonds. The van der Waals surface area contributed by atoms with E-state index in [0.29, 0.717) is 11.5 Å². The van der Waals surface area contributed by atoms with Crippen LogP contribution < -0.4 is 5.32 Å². The number of carbonyl (C=O) groups is 1. The predicted octanol–water partition coefficient (Wildman–Crippen LogP) is 3.88. The molecular weight excluding hydrogens is 286 g/mol. The van der Waals surface area contributed by atoms with Gasteiger partial charge in [-0.3, -0.25) is 0 Å². The van der Waals surface area contributed by atoms with Gasteiger partial charge in [0.1, 0.15) is 4.88 Å². The number of anilines is 1. The molecule has 0 aliphatic carbocycles. The highest BCUT2D eigenvalue weighted by atomic mass is 32.1. The maximum absolute atomic E-state index is 11.7. The lowest BCUT2D eigenvalue weighted by Gasteiger charge is -2.07. The van der Waals surface area contributed by atoms with E-state index in [2.05, 4.69) is 5.32 Å². The van der Waals surface area contributed by atoms with Crippen LogP contribution in [0.3, 0.4) is 0 Å². The first-order valence-electron chi connectivity index (χ1n) is 6.55. The Labute approximate surface area is 128 Å². The van der Waals surface area contributed by atoms with Crippen LogP contribution in [0.25, 0.3) is 0 Å². The van der Waals surface area contributed by atoms with Crippen molar-refractivity contribution in [1.29, 1.82) is 0 Å². The van der Waals surface area contributed by atoms with Crippen molar-refractivity contribution in [2.75, 3.05) is 19.0 Å². The second-order valence-electron chi connectivity index (χ2n) is 4.18. The van der Waals surface area contributed by atoms with Crippen molar-refractivity contribution in [2.45, 2.75) is 6.42 Å². The zero-order valence-corrected chi connectivity index (χ0v) is 12.6. The summed E-state index contributed by atoms with van der Waals surface area (Å²) in [5, 5.41) is 5.06. The summed E-state index contributed by atoms with van der Waals surface area (Å²) in [6, 6.07) is 1.85. The maximum Gasteiger partial charge on any atom is 0.350 e. The van der Waals surface area contributed by atoms with Crippen molar-refractivity contribution in [2.24, 2.45) is 0 Å². The van der Waals surface area contributed by atoms with Crippen LogP contribution in [-0.4, -0.2) is 19.7 Å². The Bertz CT molecular complexity index is 596. The third-order valence-corrected chi connectivity index (χ3v) is 3.59. The van der Waals surface area contributed by atoms with E-state index >= 15 is 0 Å². The molecule has 1 aromatic heterocycles. The first kappa shape index (κ1) is 15.1. The van der Waals surface area contributed by atoms with Gasteiger partial charge < -0.3 is 14.8 Å². The zero-order valence-electron chi connectivity index (χ0n) is 11.7. The lowest BCUT2D eigenvalue weighted by Crippen LogP contribution is -2.04. The normalized spacial score (nSPS) is 21.9. The zero-order chi connectivity index (χ0) is 14.9. The maximum atomic E-state index is 11.7. The van der Waals surface area contributed by atoms with Crippen molar-refractivity contribution < 1.29 is 14.3 Å². The first-order chi connectivity index (χ1) is 10.3. The number of ether oxygens (including phenoxy) is 2. The van der Waals surface area contributed by atoms with E-state index in [-0.39, 0.29) is 5.97 Å². The van der Waals surface area contributed by atoms with Crippen LogP contribution in [0.2, 0.25) is 0 Å². The minimum atomic E-state index is -0.344. The van der Waals surface area contributed by atoms with Gasteiger partial charge in [0, 0.05) is 5.70 Å². The summed E-state index contributed by atoms with van der Waals surface area (Å²) in [6.07, 6.45) is 14.2. The smallest absolute Gasteiger partial charge is 0.350 e. The van der Waals surface area contributed by atoms with Gasteiger partial charge in [-0.05, 0) is 30.0 Å². The van der Waals surface area contributed by atoms with E-state index in [1.54, 1.807) is 6.26 Å². The third kappa shape index (κ3) is 4.65. The molecule has 0 saturated carbocycles. The Morgan fingerprint density at radius 1 is 1.38 bits per heavy atom. The van der Waals surface area contributed by atoms with Crippen molar-refractivity contribution in [3.8, 4) is 0 Å². The summed E-state index contributed by atoms with van der Waals surface area (Å²) in [5.74, 6) is -0.344. The number of carbonyl (C=O) groups excluding carboxylic acids is 1. The number of nitrogens with one attached hydrogen (secondary N) is 1. The molecule has 1 aliphatic rings. The molecule has 2 heterocycles. The molecule has 0 radical (unpaired) electrons. The minimum Gasteiger partial charge on any atom is -0.501 e. The molecule has 1 aliphatic heterocycles. The largest absolute Gasteiger partial charge is 0.501 e. The number of thiophene rings is 1. The average molecular weight is 303 g/mol. The first-order valence-corrected chi connectivity index (χ1v) is 7.43. The molecule has 0 aromatic carbocycles. The molecule has 0 fully saturated rings. The van der Waals surface area contributed by atoms with Gasteiger partial charge in [0.25, 0.3) is 0 Å². The number of rotatable bonds is 3. The lowest BCUT2D eigenvalue weighted by atomic mass is 10.3. The molecule has 4 nitrogen and oxygen atoms in total. The Morgan fingerprint density at radius 2 is 2.29 bits per heavy atom. The third-order valence-electron chi connectivity index (χ3n) is 2.70. The van der Waals surface area contributed by atoms with E-state index < -0.39 is 0 Å². The van der Waals surface area contributed by atoms with Crippen LogP contribution in [0.4, 0.5) is 5.69 Å². The van der Waals surface area contributed by atoms with Gasteiger partial charge in [-0.15, -0.1) is 11.3 Å². The number of esters is 1. The second-order valence-corrected chi connectivity index (χ2v) is 5.09. The number of methoxy groups -OCH3 is 1. The monoisotopic (exact) mass is 303 g/mol. The van der Waals surface area contributed by atoms with Crippen molar-refractivity contribution >= 4 is 23.0 Å². The molecule has 110 valence electrons. The topological polar surface area (TPSA) is 47.6 Å². The van der Waals surface area contributed by atoms with E-state index in [4.69, 9.17) is 9.47 Å². The molecule has 1 aromatic rings. The highest BCUT2D eigenvalue weighted by Crippen LogP contribution is 2.24. The quantitative estimate of drug-likeness (QED) is 0.861. The van der Waals surface area contributed by atoms with E-state index in [0.717, 1.165) is 17.8 Å². The molecule has 0 bridgehead atoms. The molecular formula is C16H17NO3S. The van der Waals surface area contributed by atoms with Gasteiger partial charge >= 0.3 is 5.97 Å². The van der Waals surface area contributed by atoms with Crippen LogP contribution in [-0.2, 0) is 9.47 Å². The Hall–Kier alpha value is -2.27. The Balaban J connectivity index is 2.17. The summed E-state index contributed by atoms with van der Waals surface area (Å²) in [5.41, 5.74) is 1.55. The van der Waals surface area contributed by atoms with Crippen molar-refractivity contribution in [1.82, 2.24) is 0 Å². The second kappa shape index (κ2) is 8.11. The van der Waals surface area contributed by atoms with Crippen molar-refractivity contribution in [3.05, 3.63) is 64.7 Å². The fourth-order valence-electron chi connectivity index (χ4n) is 1.68. The van der Waals surface area contributed by atoms with Gasteiger partial charge in [-0.2, -0.15) is 0 Å². The van der Waals surface area contributed by atoms with E-state index in [9.17, 15) is 4.79 Å². The van der Waals surface area contributed by atoms with Gasteiger partial charge in [0.05, 0.1) is 25.7 Å². The van der Waals surface area contributed by atoms with Gasteiger partial charge in [-0.1, -0.05) is 24.3 Å². The van der Waals surface area contributed by atoms with Gasteiger partial charge in [-0.25, -0.2) is 4.79 Å². The van der Waals surface area contributed by atoms with Gasteiger partial charge in [0.15, 0.2) is 0 Å². The van der Waals surface area contributed by atoms with Crippen LogP contribution in [0, 0.1) is 0 Å². The Kier molecular flexibility index (Phi) is 5.84. The predicted molar refractivity (Wildman–Crippen MR) is 85.4 cm³/mol. The molecule has 21 heavy (non-hydrogen) atoms. The SMILES string of the molecule is COC(=O)c1sccc1NC1=C/C=C/C=C\CCO/C=C\1. The fraction of sp³-hybridized carbons (Fsp3) is 0.188. The van der Waals surface area contributed by atoms with Crippen LogP contribution in [0.15, 0.2) is 59.9 Å². The van der Waals surface area contributed by atoms with Gasteiger partial charge in [0.2, 0.25) is 0 Å². The summed E-state index contributed by atoms with van der Waals surface area (Å²) < 4.78 is 10.2. The standard InChI is InChI=1S/C16H17NO3S/c1-19-16(18)15-14(9-12-21-15)17-13-7-5-3-2-4-6-10-20-11-8-13/h2-5,7-9,11-12,17H,6,10H2,1H3/b4-2-,5-3+,11-8-,13-7+. The highest BCUT2D eigenvalue weighted by molar-refractivity contribution is 7.12. The molecule has 2 rings (SSSR count). The van der Waals surface area contributed by atoms with Crippen LogP contribution >= 0.6 is 11.3 Å². The summed E-state index contributed by atoms with van der Waals surface area (Å²) in [4.78, 5) is 12.2. The summed E-state index contributed by atoms with van der Waals surface area (Å²) in [6.45, 7) is 0.639. The molecule has 0 unspecified atom stereocenters. The molecule has 0 spiro atoms. The Morgan fingerprint density at radius 3 is 3.14 bits per heavy atom. The minimum absolute atomic E-state index is 0.344.